The van der Waals surface area contributed by atoms with Crippen molar-refractivity contribution in [3.05, 3.63) is 41.7 Å². The van der Waals surface area contributed by atoms with Crippen LogP contribution in [0.1, 0.15) is 24.1 Å². The number of hydrogen-bond donors (Lipinski definition) is 1. The Kier molecular flexibility index (Phi) is 2.26. The number of aromatic nitrogens is 3. The van der Waals surface area contributed by atoms with Gasteiger partial charge in [-0.05, 0) is 43.9 Å². The van der Waals surface area contributed by atoms with Gasteiger partial charge >= 0.3 is 0 Å². The Balaban J connectivity index is 1.80. The number of benzene rings is 1. The van der Waals surface area contributed by atoms with Gasteiger partial charge in [0.2, 0.25) is 0 Å². The van der Waals surface area contributed by atoms with Gasteiger partial charge in [0.1, 0.15) is 0 Å². The summed E-state index contributed by atoms with van der Waals surface area (Å²) in [6.07, 6.45) is 5.02. The molecule has 0 spiro atoms. The maximum atomic E-state index is 6.10. The lowest BCUT2D eigenvalue weighted by Gasteiger charge is -2.08. The van der Waals surface area contributed by atoms with Crippen LogP contribution in [0.4, 0.5) is 0 Å². The molecule has 1 aliphatic rings. The van der Waals surface area contributed by atoms with E-state index in [-0.39, 0.29) is 5.54 Å². The van der Waals surface area contributed by atoms with Crippen molar-refractivity contribution in [2.75, 3.05) is 0 Å². The predicted octanol–water partition coefficient (Wildman–Crippen LogP) is 1.61. The Hall–Kier alpha value is -1.68. The lowest BCUT2D eigenvalue weighted by molar-refractivity contribution is 0.671. The fourth-order valence-corrected chi connectivity index (χ4v) is 1.95. The monoisotopic (exact) mass is 228 g/mol. The smallest absolute Gasteiger partial charge is 0.0856 e. The Morgan fingerprint density at radius 2 is 2.00 bits per heavy atom. The molecule has 17 heavy (non-hydrogen) atoms. The standard InChI is InChI=1S/C13H16N4/c1-10-9-15-17(16-10)12-4-2-11(3-5-12)8-13(14)6-7-13/h2-5,9H,6-8,14H2,1H3. The van der Waals surface area contributed by atoms with Crippen LogP contribution in [0.15, 0.2) is 30.5 Å². The molecule has 1 fully saturated rings. The Bertz CT molecular complexity index is 523. The van der Waals surface area contributed by atoms with Crippen LogP contribution in [-0.4, -0.2) is 20.5 Å². The van der Waals surface area contributed by atoms with E-state index < -0.39 is 0 Å². The van der Waals surface area contributed by atoms with E-state index in [2.05, 4.69) is 22.3 Å². The van der Waals surface area contributed by atoms with Gasteiger partial charge in [-0.1, -0.05) is 12.1 Å². The van der Waals surface area contributed by atoms with E-state index in [1.54, 1.807) is 11.0 Å². The van der Waals surface area contributed by atoms with Crippen molar-refractivity contribution in [3.8, 4) is 5.69 Å². The number of rotatable bonds is 3. The summed E-state index contributed by atoms with van der Waals surface area (Å²) in [6.45, 7) is 1.93. The highest BCUT2D eigenvalue weighted by atomic mass is 15.5. The number of hydrogen-bond acceptors (Lipinski definition) is 3. The highest BCUT2D eigenvalue weighted by Crippen LogP contribution is 2.35. The topological polar surface area (TPSA) is 56.7 Å². The minimum absolute atomic E-state index is 0.0715. The second-order valence-corrected chi connectivity index (χ2v) is 4.98. The molecule has 0 atom stereocenters. The molecule has 0 saturated heterocycles. The van der Waals surface area contributed by atoms with E-state index in [4.69, 9.17) is 5.73 Å². The molecule has 1 heterocycles. The van der Waals surface area contributed by atoms with E-state index in [0.29, 0.717) is 0 Å². The van der Waals surface area contributed by atoms with E-state index >= 15 is 0 Å². The van der Waals surface area contributed by atoms with E-state index in [1.807, 2.05) is 19.1 Å². The van der Waals surface area contributed by atoms with Crippen LogP contribution in [-0.2, 0) is 6.42 Å². The maximum absolute atomic E-state index is 6.10. The summed E-state index contributed by atoms with van der Waals surface area (Å²) in [7, 11) is 0. The fraction of sp³-hybridized carbons (Fsp3) is 0.385. The molecule has 3 rings (SSSR count). The number of aryl methyl sites for hydroxylation is 1. The average molecular weight is 228 g/mol. The third-order valence-corrected chi connectivity index (χ3v) is 3.22. The molecule has 0 aliphatic heterocycles. The van der Waals surface area contributed by atoms with Crippen molar-refractivity contribution >= 4 is 0 Å². The van der Waals surface area contributed by atoms with Crippen LogP contribution in [0.2, 0.25) is 0 Å². The Labute approximate surface area is 100 Å². The third-order valence-electron chi connectivity index (χ3n) is 3.22. The summed E-state index contributed by atoms with van der Waals surface area (Å²) in [5.41, 5.74) is 9.38. The van der Waals surface area contributed by atoms with Crippen LogP contribution >= 0.6 is 0 Å². The minimum atomic E-state index is 0.0715. The molecule has 4 nitrogen and oxygen atoms in total. The maximum Gasteiger partial charge on any atom is 0.0856 e. The van der Waals surface area contributed by atoms with Gasteiger partial charge in [-0.3, -0.25) is 0 Å². The van der Waals surface area contributed by atoms with E-state index in [9.17, 15) is 0 Å². The summed E-state index contributed by atoms with van der Waals surface area (Å²) in [6, 6.07) is 8.31. The van der Waals surface area contributed by atoms with Gasteiger partial charge in [-0.2, -0.15) is 15.0 Å². The highest BCUT2D eigenvalue weighted by molar-refractivity contribution is 5.34. The molecule has 1 aliphatic carbocycles. The Morgan fingerprint density at radius 3 is 2.53 bits per heavy atom. The molecule has 0 radical (unpaired) electrons. The number of nitrogens with two attached hydrogens (primary N) is 1. The van der Waals surface area contributed by atoms with Crippen LogP contribution in [0, 0.1) is 6.92 Å². The molecule has 4 heteroatoms. The first kappa shape index (κ1) is 10.5. The molecule has 0 bridgehead atoms. The molecule has 1 aromatic carbocycles. The molecule has 1 saturated carbocycles. The van der Waals surface area contributed by atoms with Crippen LogP contribution < -0.4 is 5.73 Å². The van der Waals surface area contributed by atoms with Gasteiger partial charge in [0.15, 0.2) is 0 Å². The van der Waals surface area contributed by atoms with Crippen LogP contribution in [0.25, 0.3) is 5.69 Å². The second kappa shape index (κ2) is 3.67. The van der Waals surface area contributed by atoms with Gasteiger partial charge in [0.05, 0.1) is 17.6 Å². The molecule has 2 aromatic rings. The summed E-state index contributed by atoms with van der Waals surface area (Å²) < 4.78 is 0. The van der Waals surface area contributed by atoms with Crippen molar-refractivity contribution < 1.29 is 0 Å². The van der Waals surface area contributed by atoms with Crippen molar-refractivity contribution in [2.24, 2.45) is 5.73 Å². The van der Waals surface area contributed by atoms with Gasteiger partial charge in [-0.25, -0.2) is 0 Å². The molecular formula is C13H16N4. The van der Waals surface area contributed by atoms with Gasteiger partial charge in [0.25, 0.3) is 0 Å². The highest BCUT2D eigenvalue weighted by Gasteiger charge is 2.37. The van der Waals surface area contributed by atoms with E-state index in [0.717, 1.165) is 30.6 Å². The summed E-state index contributed by atoms with van der Waals surface area (Å²) in [4.78, 5) is 1.65. The van der Waals surface area contributed by atoms with Crippen LogP contribution in [0.3, 0.4) is 0 Å². The quantitative estimate of drug-likeness (QED) is 0.868. The average Bonchev–Trinajstić information content (AvgIpc) is 2.87. The third kappa shape index (κ3) is 2.22. The zero-order chi connectivity index (χ0) is 11.9. The van der Waals surface area contributed by atoms with Crippen LogP contribution in [0.5, 0.6) is 0 Å². The fourth-order valence-electron chi connectivity index (χ4n) is 1.95. The van der Waals surface area contributed by atoms with Crippen molar-refractivity contribution in [2.45, 2.75) is 31.7 Å². The Morgan fingerprint density at radius 1 is 1.29 bits per heavy atom. The van der Waals surface area contributed by atoms with Crippen molar-refractivity contribution in [3.63, 3.8) is 0 Å². The minimum Gasteiger partial charge on any atom is -0.325 e. The summed E-state index contributed by atoms with van der Waals surface area (Å²) in [5.74, 6) is 0. The summed E-state index contributed by atoms with van der Waals surface area (Å²) in [5, 5.41) is 8.46. The second-order valence-electron chi connectivity index (χ2n) is 4.98. The largest absolute Gasteiger partial charge is 0.325 e. The predicted molar refractivity (Wildman–Crippen MR) is 66.0 cm³/mol. The zero-order valence-corrected chi connectivity index (χ0v) is 9.93. The lowest BCUT2D eigenvalue weighted by Crippen LogP contribution is -2.24. The molecular weight excluding hydrogens is 212 g/mol. The van der Waals surface area contributed by atoms with Gasteiger partial charge in [-0.15, -0.1) is 0 Å². The molecule has 2 N–H and O–H groups in total. The SMILES string of the molecule is Cc1cnn(-c2ccc(CC3(N)CC3)cc2)n1. The van der Waals surface area contributed by atoms with E-state index in [1.165, 1.54) is 5.56 Å². The summed E-state index contributed by atoms with van der Waals surface area (Å²) >= 11 is 0. The first-order chi connectivity index (χ1) is 8.15. The lowest BCUT2D eigenvalue weighted by atomic mass is 10.1. The number of nitrogens with zero attached hydrogens (tertiary/aromatic N) is 3. The normalized spacial score (nSPS) is 17.1. The first-order valence-electron chi connectivity index (χ1n) is 5.92. The van der Waals surface area contributed by atoms with Crippen molar-refractivity contribution in [1.82, 2.24) is 15.0 Å². The molecule has 88 valence electrons. The molecule has 0 unspecified atom stereocenters. The van der Waals surface area contributed by atoms with Crippen molar-refractivity contribution in [1.29, 1.82) is 0 Å². The van der Waals surface area contributed by atoms with Gasteiger partial charge < -0.3 is 5.73 Å². The molecule has 1 aromatic heterocycles. The first-order valence-corrected chi connectivity index (χ1v) is 5.92. The van der Waals surface area contributed by atoms with Gasteiger partial charge in [0, 0.05) is 5.54 Å². The zero-order valence-electron chi connectivity index (χ0n) is 9.93. The molecule has 0 amide bonds.